The second-order valence-corrected chi connectivity index (χ2v) is 3.84. The van der Waals surface area contributed by atoms with Crippen LogP contribution < -0.4 is 5.32 Å². The van der Waals surface area contributed by atoms with E-state index in [2.05, 4.69) is 15.3 Å². The van der Waals surface area contributed by atoms with Crippen LogP contribution in [0.3, 0.4) is 0 Å². The van der Waals surface area contributed by atoms with Crippen LogP contribution >= 0.6 is 0 Å². The van der Waals surface area contributed by atoms with Gasteiger partial charge in [-0.1, -0.05) is 6.92 Å². The molecule has 0 radical (unpaired) electrons. The van der Waals surface area contributed by atoms with Crippen molar-refractivity contribution in [3.8, 4) is 0 Å². The van der Waals surface area contributed by atoms with E-state index in [9.17, 15) is 13.2 Å². The molecule has 8 heteroatoms. The molecule has 0 saturated heterocycles. The van der Waals surface area contributed by atoms with E-state index in [0.717, 1.165) is 12.3 Å². The third-order valence-electron chi connectivity index (χ3n) is 2.61. The van der Waals surface area contributed by atoms with Gasteiger partial charge in [0.25, 0.3) is 0 Å². The molecule has 3 N–H and O–H groups in total. The van der Waals surface area contributed by atoms with Crippen molar-refractivity contribution in [1.29, 1.82) is 0 Å². The Kier molecular flexibility index (Phi) is 4.47. The van der Waals surface area contributed by atoms with Gasteiger partial charge in [-0.3, -0.25) is 0 Å². The fourth-order valence-corrected chi connectivity index (χ4v) is 1.26. The summed E-state index contributed by atoms with van der Waals surface area (Å²) in [6.07, 6.45) is -3.29. The highest BCUT2D eigenvalue weighted by molar-refractivity contribution is 5.30. The number of hydrogen-bond donors (Lipinski definition) is 3. The lowest BCUT2D eigenvalue weighted by Crippen LogP contribution is -2.45. The summed E-state index contributed by atoms with van der Waals surface area (Å²) in [4.78, 5) is 6.94. The Morgan fingerprint density at radius 2 is 1.89 bits per heavy atom. The molecule has 18 heavy (non-hydrogen) atoms. The van der Waals surface area contributed by atoms with Gasteiger partial charge in [-0.05, 0) is 12.5 Å². The van der Waals surface area contributed by atoms with E-state index in [-0.39, 0.29) is 5.95 Å². The number of alkyl halides is 3. The number of aromatic nitrogens is 2. The van der Waals surface area contributed by atoms with Gasteiger partial charge in [0, 0.05) is 6.20 Å². The zero-order chi connectivity index (χ0) is 13.8. The zero-order valence-corrected chi connectivity index (χ0v) is 9.70. The Morgan fingerprint density at radius 1 is 1.28 bits per heavy atom. The fourth-order valence-electron chi connectivity index (χ4n) is 1.26. The molecule has 1 aromatic heterocycles. The van der Waals surface area contributed by atoms with Gasteiger partial charge in [0.05, 0.1) is 18.8 Å². The number of halogens is 3. The van der Waals surface area contributed by atoms with Crippen LogP contribution in [0.1, 0.15) is 19.0 Å². The average molecular weight is 265 g/mol. The first kappa shape index (κ1) is 14.7. The summed E-state index contributed by atoms with van der Waals surface area (Å²) in [6.45, 7) is 0.784. The van der Waals surface area contributed by atoms with Gasteiger partial charge >= 0.3 is 6.18 Å². The molecule has 1 heterocycles. The number of hydrogen-bond acceptors (Lipinski definition) is 5. The van der Waals surface area contributed by atoms with Crippen LogP contribution in [0.2, 0.25) is 0 Å². The monoisotopic (exact) mass is 265 g/mol. The molecule has 0 aliphatic rings. The van der Waals surface area contributed by atoms with E-state index < -0.39 is 30.6 Å². The highest BCUT2D eigenvalue weighted by Crippen LogP contribution is 2.28. The first-order valence-electron chi connectivity index (χ1n) is 5.27. The van der Waals surface area contributed by atoms with Crippen molar-refractivity contribution in [3.05, 3.63) is 18.0 Å². The molecule has 0 aliphatic heterocycles. The van der Waals surface area contributed by atoms with Crippen LogP contribution in [-0.4, -0.2) is 38.9 Å². The third-order valence-corrected chi connectivity index (χ3v) is 2.61. The van der Waals surface area contributed by atoms with Crippen molar-refractivity contribution in [3.63, 3.8) is 0 Å². The highest BCUT2D eigenvalue weighted by Gasteiger charge is 2.34. The highest BCUT2D eigenvalue weighted by atomic mass is 19.4. The first-order valence-corrected chi connectivity index (χ1v) is 5.27. The molecule has 0 spiro atoms. The summed E-state index contributed by atoms with van der Waals surface area (Å²) < 4.78 is 37.3. The predicted octanol–water partition coefficient (Wildman–Crippen LogP) is 1.04. The second-order valence-electron chi connectivity index (χ2n) is 3.84. The number of rotatable bonds is 5. The normalized spacial score (nSPS) is 12.6. The molecule has 0 aliphatic carbocycles. The van der Waals surface area contributed by atoms with Gasteiger partial charge in [-0.2, -0.15) is 13.2 Å². The van der Waals surface area contributed by atoms with E-state index in [1.165, 1.54) is 0 Å². The smallest absolute Gasteiger partial charge is 0.394 e. The minimum atomic E-state index is -4.56. The van der Waals surface area contributed by atoms with Gasteiger partial charge in [-0.15, -0.1) is 0 Å². The summed E-state index contributed by atoms with van der Waals surface area (Å²) in [6, 6.07) is 0.747. The number of aliphatic hydroxyl groups is 2. The molecule has 0 aromatic carbocycles. The molecule has 0 atom stereocenters. The molecular weight excluding hydrogens is 251 g/mol. The summed E-state index contributed by atoms with van der Waals surface area (Å²) in [7, 11) is 0. The van der Waals surface area contributed by atoms with Crippen molar-refractivity contribution < 1.29 is 23.4 Å². The van der Waals surface area contributed by atoms with E-state index in [1.807, 2.05) is 0 Å². The minimum absolute atomic E-state index is 0.283. The SMILES string of the molecule is CCC(CO)(CO)Nc1nccc(C(F)(F)F)n1. The van der Waals surface area contributed by atoms with Gasteiger partial charge in [0.2, 0.25) is 5.95 Å². The first-order chi connectivity index (χ1) is 8.37. The summed E-state index contributed by atoms with van der Waals surface area (Å²) in [5.74, 6) is -0.283. The molecule has 0 unspecified atom stereocenters. The molecule has 5 nitrogen and oxygen atoms in total. The van der Waals surface area contributed by atoms with Crippen molar-refractivity contribution in [2.45, 2.75) is 25.1 Å². The van der Waals surface area contributed by atoms with Crippen LogP contribution in [0.15, 0.2) is 12.3 Å². The average Bonchev–Trinajstić information content (AvgIpc) is 2.35. The van der Waals surface area contributed by atoms with Crippen LogP contribution in [0, 0.1) is 0 Å². The lowest BCUT2D eigenvalue weighted by atomic mass is 9.99. The number of anilines is 1. The van der Waals surface area contributed by atoms with Crippen molar-refractivity contribution >= 4 is 5.95 Å². The van der Waals surface area contributed by atoms with Crippen molar-refractivity contribution in [2.75, 3.05) is 18.5 Å². The van der Waals surface area contributed by atoms with Crippen LogP contribution in [-0.2, 0) is 6.18 Å². The zero-order valence-electron chi connectivity index (χ0n) is 9.70. The molecule has 1 aromatic rings. The van der Waals surface area contributed by atoms with E-state index >= 15 is 0 Å². The second kappa shape index (κ2) is 5.49. The molecule has 102 valence electrons. The Bertz CT molecular complexity index is 386. The Balaban J connectivity index is 2.98. The van der Waals surface area contributed by atoms with Crippen LogP contribution in [0.4, 0.5) is 19.1 Å². The maximum Gasteiger partial charge on any atom is 0.433 e. The Morgan fingerprint density at radius 3 is 2.33 bits per heavy atom. The lowest BCUT2D eigenvalue weighted by molar-refractivity contribution is -0.141. The summed E-state index contributed by atoms with van der Waals surface area (Å²) in [5.41, 5.74) is -2.22. The van der Waals surface area contributed by atoms with Crippen molar-refractivity contribution in [1.82, 2.24) is 9.97 Å². The van der Waals surface area contributed by atoms with Crippen molar-refractivity contribution in [2.24, 2.45) is 0 Å². The maximum atomic E-state index is 12.4. The van der Waals surface area contributed by atoms with Gasteiger partial charge in [0.1, 0.15) is 5.69 Å². The predicted molar refractivity (Wildman–Crippen MR) is 57.9 cm³/mol. The minimum Gasteiger partial charge on any atom is -0.394 e. The number of nitrogens with one attached hydrogen (secondary N) is 1. The van der Waals surface area contributed by atoms with Gasteiger partial charge < -0.3 is 15.5 Å². The largest absolute Gasteiger partial charge is 0.433 e. The lowest BCUT2D eigenvalue weighted by Gasteiger charge is -2.29. The Hall–Kier alpha value is -1.41. The molecule has 0 bridgehead atoms. The number of aliphatic hydroxyl groups excluding tert-OH is 2. The van der Waals surface area contributed by atoms with Crippen LogP contribution in [0.25, 0.3) is 0 Å². The standard InChI is InChI=1S/C10H14F3N3O2/c1-2-9(5-17,6-18)16-8-14-4-3-7(15-8)10(11,12)13/h3-4,17-18H,2,5-6H2,1H3,(H,14,15,16). The fraction of sp³-hybridized carbons (Fsp3) is 0.600. The van der Waals surface area contributed by atoms with Crippen LogP contribution in [0.5, 0.6) is 0 Å². The molecule has 1 rings (SSSR count). The van der Waals surface area contributed by atoms with E-state index in [4.69, 9.17) is 10.2 Å². The summed E-state index contributed by atoms with van der Waals surface area (Å²) in [5, 5.41) is 20.9. The van der Waals surface area contributed by atoms with Gasteiger partial charge in [-0.25, -0.2) is 9.97 Å². The molecule has 0 fully saturated rings. The maximum absolute atomic E-state index is 12.4. The topological polar surface area (TPSA) is 78.3 Å². The number of nitrogens with zero attached hydrogens (tertiary/aromatic N) is 2. The Labute approximate surface area is 102 Å². The molecule has 0 amide bonds. The quantitative estimate of drug-likeness (QED) is 0.741. The van der Waals surface area contributed by atoms with E-state index in [1.54, 1.807) is 6.92 Å². The molecule has 0 saturated carbocycles. The molecular formula is C10H14F3N3O2. The summed E-state index contributed by atoms with van der Waals surface area (Å²) >= 11 is 0. The van der Waals surface area contributed by atoms with E-state index in [0.29, 0.717) is 6.42 Å². The van der Waals surface area contributed by atoms with Gasteiger partial charge in [0.15, 0.2) is 0 Å². The third kappa shape index (κ3) is 3.30.